The van der Waals surface area contributed by atoms with Crippen LogP contribution in [-0.2, 0) is 0 Å². The normalized spacial score (nSPS) is 10.7. The first-order valence-electron chi connectivity index (χ1n) is 5.60. The van der Waals surface area contributed by atoms with Crippen LogP contribution >= 0.6 is 0 Å². The second kappa shape index (κ2) is 4.90. The van der Waals surface area contributed by atoms with Gasteiger partial charge in [0.2, 0.25) is 11.8 Å². The monoisotopic (exact) mass is 233 g/mol. The smallest absolute Gasteiger partial charge is 0.247 e. The van der Waals surface area contributed by atoms with Crippen LogP contribution < -0.4 is 10.5 Å². The Balaban J connectivity index is 2.39. The van der Waals surface area contributed by atoms with Crippen molar-refractivity contribution in [2.75, 3.05) is 12.3 Å². The van der Waals surface area contributed by atoms with Crippen molar-refractivity contribution in [2.45, 2.75) is 26.7 Å². The SMILES string of the molecule is CCCCOc1nc(N)nc2nc(C)cnc12. The van der Waals surface area contributed by atoms with Gasteiger partial charge in [0, 0.05) is 6.20 Å². The Hall–Kier alpha value is -1.98. The van der Waals surface area contributed by atoms with Gasteiger partial charge in [0.1, 0.15) is 0 Å². The summed E-state index contributed by atoms with van der Waals surface area (Å²) in [6.07, 6.45) is 3.68. The number of hydrogen-bond donors (Lipinski definition) is 1. The number of hydrogen-bond acceptors (Lipinski definition) is 6. The molecule has 2 rings (SSSR count). The largest absolute Gasteiger partial charge is 0.476 e. The minimum Gasteiger partial charge on any atom is -0.476 e. The van der Waals surface area contributed by atoms with E-state index in [-0.39, 0.29) is 5.95 Å². The molecule has 0 saturated heterocycles. The molecule has 6 nitrogen and oxygen atoms in total. The lowest BCUT2D eigenvalue weighted by Gasteiger charge is -2.07. The molecule has 0 bridgehead atoms. The van der Waals surface area contributed by atoms with E-state index in [2.05, 4.69) is 26.9 Å². The Morgan fingerprint density at radius 1 is 1.29 bits per heavy atom. The second-order valence-corrected chi connectivity index (χ2v) is 3.77. The fourth-order valence-corrected chi connectivity index (χ4v) is 1.40. The summed E-state index contributed by atoms with van der Waals surface area (Å²) in [5.41, 5.74) is 7.43. The van der Waals surface area contributed by atoms with Gasteiger partial charge in [-0.05, 0) is 13.3 Å². The molecule has 0 aliphatic heterocycles. The summed E-state index contributed by atoms with van der Waals surface area (Å²) in [5.74, 6) is 0.567. The molecular weight excluding hydrogens is 218 g/mol. The molecular formula is C11H15N5O. The topological polar surface area (TPSA) is 86.8 Å². The number of nitrogens with zero attached hydrogens (tertiary/aromatic N) is 4. The van der Waals surface area contributed by atoms with E-state index in [0.717, 1.165) is 18.5 Å². The molecule has 0 atom stereocenters. The number of fused-ring (bicyclic) bond motifs is 1. The fraction of sp³-hybridized carbons (Fsp3) is 0.455. The lowest BCUT2D eigenvalue weighted by molar-refractivity contribution is 0.301. The number of unbranched alkanes of at least 4 members (excludes halogenated alkanes) is 1. The van der Waals surface area contributed by atoms with Crippen LogP contribution in [0.3, 0.4) is 0 Å². The van der Waals surface area contributed by atoms with Gasteiger partial charge in [0.15, 0.2) is 11.2 Å². The van der Waals surface area contributed by atoms with Gasteiger partial charge in [-0.1, -0.05) is 13.3 Å². The molecule has 0 radical (unpaired) electrons. The maximum atomic E-state index is 5.61. The summed E-state index contributed by atoms with van der Waals surface area (Å²) in [5, 5.41) is 0. The average molecular weight is 233 g/mol. The molecule has 0 aromatic carbocycles. The van der Waals surface area contributed by atoms with Crippen molar-refractivity contribution in [3.63, 3.8) is 0 Å². The van der Waals surface area contributed by atoms with E-state index in [9.17, 15) is 0 Å². The first kappa shape index (κ1) is 11.5. The number of nitrogens with two attached hydrogens (primary N) is 1. The van der Waals surface area contributed by atoms with E-state index in [1.165, 1.54) is 0 Å². The zero-order valence-corrected chi connectivity index (χ0v) is 9.97. The second-order valence-electron chi connectivity index (χ2n) is 3.77. The van der Waals surface area contributed by atoms with Gasteiger partial charge >= 0.3 is 0 Å². The van der Waals surface area contributed by atoms with Crippen LogP contribution in [0.4, 0.5) is 5.95 Å². The molecule has 2 aromatic heterocycles. The minimum atomic E-state index is 0.156. The molecule has 2 heterocycles. The highest BCUT2D eigenvalue weighted by atomic mass is 16.5. The molecule has 0 amide bonds. The number of aromatic nitrogens is 4. The van der Waals surface area contributed by atoms with Crippen LogP contribution in [0.2, 0.25) is 0 Å². The maximum absolute atomic E-state index is 5.61. The summed E-state index contributed by atoms with van der Waals surface area (Å²) < 4.78 is 5.55. The zero-order chi connectivity index (χ0) is 12.3. The molecule has 6 heteroatoms. The average Bonchev–Trinajstić information content (AvgIpc) is 2.28. The van der Waals surface area contributed by atoms with E-state index in [1.807, 2.05) is 6.92 Å². The number of ether oxygens (including phenoxy) is 1. The molecule has 2 aromatic rings. The van der Waals surface area contributed by atoms with Gasteiger partial charge < -0.3 is 10.5 Å². The Morgan fingerprint density at radius 3 is 2.88 bits per heavy atom. The third kappa shape index (κ3) is 2.58. The molecule has 0 fully saturated rings. The zero-order valence-electron chi connectivity index (χ0n) is 9.97. The van der Waals surface area contributed by atoms with Crippen molar-refractivity contribution in [3.05, 3.63) is 11.9 Å². The molecule has 17 heavy (non-hydrogen) atoms. The van der Waals surface area contributed by atoms with Crippen LogP contribution in [0, 0.1) is 6.92 Å². The van der Waals surface area contributed by atoms with Crippen molar-refractivity contribution < 1.29 is 4.74 Å². The van der Waals surface area contributed by atoms with E-state index in [0.29, 0.717) is 23.7 Å². The van der Waals surface area contributed by atoms with Crippen LogP contribution in [0.25, 0.3) is 11.2 Å². The van der Waals surface area contributed by atoms with Crippen LogP contribution in [0.1, 0.15) is 25.5 Å². The first-order valence-corrected chi connectivity index (χ1v) is 5.60. The molecule has 0 aliphatic carbocycles. The molecule has 2 N–H and O–H groups in total. The van der Waals surface area contributed by atoms with Crippen molar-refractivity contribution in [1.82, 2.24) is 19.9 Å². The van der Waals surface area contributed by atoms with Crippen LogP contribution in [0.15, 0.2) is 6.20 Å². The quantitative estimate of drug-likeness (QED) is 0.805. The van der Waals surface area contributed by atoms with Crippen molar-refractivity contribution in [3.8, 4) is 5.88 Å². The fourth-order valence-electron chi connectivity index (χ4n) is 1.40. The summed E-state index contributed by atoms with van der Waals surface area (Å²) in [6, 6.07) is 0. The molecule has 0 saturated carbocycles. The molecule has 0 spiro atoms. The van der Waals surface area contributed by atoms with Crippen LogP contribution in [0.5, 0.6) is 5.88 Å². The summed E-state index contributed by atoms with van der Waals surface area (Å²) in [4.78, 5) is 16.6. The lowest BCUT2D eigenvalue weighted by atomic mass is 10.4. The van der Waals surface area contributed by atoms with Gasteiger partial charge in [0.05, 0.1) is 12.3 Å². The first-order chi connectivity index (χ1) is 8.20. The number of nitrogen functional groups attached to an aromatic ring is 1. The third-order valence-corrected chi connectivity index (χ3v) is 2.25. The van der Waals surface area contributed by atoms with E-state index < -0.39 is 0 Å². The molecule has 90 valence electrons. The third-order valence-electron chi connectivity index (χ3n) is 2.25. The van der Waals surface area contributed by atoms with E-state index in [1.54, 1.807) is 6.20 Å². The predicted octanol–water partition coefficient (Wildman–Crippen LogP) is 1.49. The van der Waals surface area contributed by atoms with E-state index in [4.69, 9.17) is 10.5 Å². The van der Waals surface area contributed by atoms with E-state index >= 15 is 0 Å². The van der Waals surface area contributed by atoms with Gasteiger partial charge in [-0.25, -0.2) is 9.97 Å². The Kier molecular flexibility index (Phi) is 3.32. The number of rotatable bonds is 4. The standard InChI is InChI=1S/C11H15N5O/c1-3-4-5-17-10-8-9(15-11(12)16-10)14-7(2)6-13-8/h6H,3-5H2,1-2H3,(H2,12,14,15,16). The number of aryl methyl sites for hydroxylation is 1. The highest BCUT2D eigenvalue weighted by Crippen LogP contribution is 2.19. The summed E-state index contributed by atoms with van der Waals surface area (Å²) in [6.45, 7) is 4.54. The summed E-state index contributed by atoms with van der Waals surface area (Å²) >= 11 is 0. The van der Waals surface area contributed by atoms with Gasteiger partial charge in [-0.3, -0.25) is 0 Å². The van der Waals surface area contributed by atoms with Crippen molar-refractivity contribution in [1.29, 1.82) is 0 Å². The molecule has 0 aliphatic rings. The van der Waals surface area contributed by atoms with Gasteiger partial charge in [-0.15, -0.1) is 0 Å². The van der Waals surface area contributed by atoms with Crippen molar-refractivity contribution in [2.24, 2.45) is 0 Å². The van der Waals surface area contributed by atoms with Crippen LogP contribution in [-0.4, -0.2) is 26.5 Å². The predicted molar refractivity (Wildman–Crippen MR) is 64.7 cm³/mol. The lowest BCUT2D eigenvalue weighted by Crippen LogP contribution is -2.05. The highest BCUT2D eigenvalue weighted by molar-refractivity contribution is 5.76. The minimum absolute atomic E-state index is 0.156. The van der Waals surface area contributed by atoms with Gasteiger partial charge in [-0.2, -0.15) is 9.97 Å². The Bertz CT molecular complexity index is 523. The molecule has 0 unspecified atom stereocenters. The number of anilines is 1. The maximum Gasteiger partial charge on any atom is 0.247 e. The summed E-state index contributed by atoms with van der Waals surface area (Å²) in [7, 11) is 0. The van der Waals surface area contributed by atoms with Crippen molar-refractivity contribution >= 4 is 17.1 Å². The Labute approximate surface area is 99.3 Å². The van der Waals surface area contributed by atoms with Gasteiger partial charge in [0.25, 0.3) is 0 Å². The Morgan fingerprint density at radius 2 is 2.12 bits per heavy atom. The highest BCUT2D eigenvalue weighted by Gasteiger charge is 2.10.